The predicted molar refractivity (Wildman–Crippen MR) is 124 cm³/mol. The van der Waals surface area contributed by atoms with Crippen LogP contribution in [0.25, 0.3) is 21.9 Å². The van der Waals surface area contributed by atoms with Gasteiger partial charge in [0, 0.05) is 25.0 Å². The Labute approximate surface area is 193 Å². The summed E-state index contributed by atoms with van der Waals surface area (Å²) >= 11 is 0. The Morgan fingerprint density at radius 2 is 1.18 bits per heavy atom. The highest BCUT2D eigenvalue weighted by atomic mass is 16.5. The van der Waals surface area contributed by atoms with Crippen molar-refractivity contribution in [2.75, 3.05) is 26.4 Å². The largest absolute Gasteiger partial charge is 0.490 e. The number of ether oxygens (including phenoxy) is 2. The number of hydrogen-bond donors (Lipinski definition) is 3. The maximum atomic E-state index is 12.5. The van der Waals surface area contributed by atoms with E-state index < -0.39 is 6.10 Å². The summed E-state index contributed by atoms with van der Waals surface area (Å²) in [5.41, 5.74) is 0.0210. The normalized spacial score (nSPS) is 11.4. The predicted octanol–water partition coefficient (Wildman–Crippen LogP) is 1.79. The first-order valence-corrected chi connectivity index (χ1v) is 10.8. The molecule has 0 atom stereocenters. The lowest BCUT2D eigenvalue weighted by Crippen LogP contribution is -2.25. The van der Waals surface area contributed by atoms with Crippen LogP contribution in [-0.4, -0.2) is 47.9 Å². The Balaban J connectivity index is 1.46. The van der Waals surface area contributed by atoms with Gasteiger partial charge < -0.3 is 33.6 Å². The van der Waals surface area contributed by atoms with Gasteiger partial charge in [-0.05, 0) is 24.3 Å². The standard InChI is InChI=1S/C25H24O9/c26-9-7-16-11-18(29)24-20(3-1-5-22(24)33-16)31-13-15(28)14-32-21-4-2-6-23-25(21)19(30)12-17(34-23)8-10-27/h1-6,11-12,15,26-28H,7-10,13-14H2. The molecule has 9 nitrogen and oxygen atoms in total. The molecule has 2 aromatic carbocycles. The molecule has 0 aliphatic carbocycles. The lowest BCUT2D eigenvalue weighted by atomic mass is 10.2. The van der Waals surface area contributed by atoms with Crippen molar-refractivity contribution >= 4 is 21.9 Å². The fourth-order valence-electron chi connectivity index (χ4n) is 3.58. The summed E-state index contributed by atoms with van der Waals surface area (Å²) < 4.78 is 22.6. The lowest BCUT2D eigenvalue weighted by Gasteiger charge is -2.15. The van der Waals surface area contributed by atoms with Gasteiger partial charge in [0.15, 0.2) is 10.9 Å². The van der Waals surface area contributed by atoms with Crippen molar-refractivity contribution in [2.45, 2.75) is 18.9 Å². The van der Waals surface area contributed by atoms with E-state index in [0.717, 1.165) is 0 Å². The third-order valence-electron chi connectivity index (χ3n) is 5.11. The fraction of sp³-hybridized carbons (Fsp3) is 0.280. The molecular weight excluding hydrogens is 444 g/mol. The molecule has 3 N–H and O–H groups in total. The summed E-state index contributed by atoms with van der Waals surface area (Å²) in [7, 11) is 0. The highest BCUT2D eigenvalue weighted by molar-refractivity contribution is 5.84. The molecule has 9 heteroatoms. The summed E-state index contributed by atoms with van der Waals surface area (Å²) in [5.74, 6) is 1.24. The first-order chi connectivity index (χ1) is 16.5. The van der Waals surface area contributed by atoms with Gasteiger partial charge in [-0.2, -0.15) is 0 Å². The van der Waals surface area contributed by atoms with Crippen LogP contribution in [-0.2, 0) is 12.8 Å². The van der Waals surface area contributed by atoms with E-state index in [-0.39, 0.29) is 72.4 Å². The number of rotatable bonds is 10. The zero-order valence-corrected chi connectivity index (χ0v) is 18.2. The Bertz CT molecular complexity index is 1300. The Morgan fingerprint density at radius 1 is 0.735 bits per heavy atom. The van der Waals surface area contributed by atoms with Crippen LogP contribution in [0, 0.1) is 0 Å². The van der Waals surface area contributed by atoms with Crippen molar-refractivity contribution in [3.05, 3.63) is 80.5 Å². The van der Waals surface area contributed by atoms with Gasteiger partial charge in [-0.1, -0.05) is 12.1 Å². The van der Waals surface area contributed by atoms with E-state index in [1.807, 2.05) is 0 Å². The SMILES string of the molecule is O=c1cc(CCO)oc2cccc(OCC(O)COc3cccc4oc(CCO)cc(=O)c34)c12. The van der Waals surface area contributed by atoms with Crippen LogP contribution in [0.1, 0.15) is 11.5 Å². The molecule has 2 heterocycles. The average Bonchev–Trinajstić information content (AvgIpc) is 2.81. The second-order valence-corrected chi connectivity index (χ2v) is 7.64. The molecule has 0 spiro atoms. The van der Waals surface area contributed by atoms with Gasteiger partial charge in [-0.25, -0.2) is 0 Å². The second kappa shape index (κ2) is 10.5. The number of fused-ring (bicyclic) bond motifs is 2. The van der Waals surface area contributed by atoms with Crippen LogP contribution in [0.2, 0.25) is 0 Å². The Hall–Kier alpha value is -3.66. The number of hydrogen-bond acceptors (Lipinski definition) is 9. The Kier molecular flexibility index (Phi) is 7.27. The molecule has 0 unspecified atom stereocenters. The molecule has 0 aliphatic heterocycles. The molecule has 0 saturated carbocycles. The minimum Gasteiger partial charge on any atom is -0.490 e. The monoisotopic (exact) mass is 468 g/mol. The third kappa shape index (κ3) is 5.12. The molecule has 4 rings (SSSR count). The van der Waals surface area contributed by atoms with Crippen molar-refractivity contribution in [2.24, 2.45) is 0 Å². The van der Waals surface area contributed by atoms with Crippen molar-refractivity contribution in [1.29, 1.82) is 0 Å². The number of aliphatic hydroxyl groups is 3. The third-order valence-corrected chi connectivity index (χ3v) is 5.11. The van der Waals surface area contributed by atoms with Gasteiger partial charge in [-0.15, -0.1) is 0 Å². The van der Waals surface area contributed by atoms with Crippen molar-refractivity contribution in [3.63, 3.8) is 0 Å². The average molecular weight is 468 g/mol. The summed E-state index contributed by atoms with van der Waals surface area (Å²) in [4.78, 5) is 25.0. The lowest BCUT2D eigenvalue weighted by molar-refractivity contribution is 0.0636. The maximum Gasteiger partial charge on any atom is 0.196 e. The maximum absolute atomic E-state index is 12.5. The smallest absolute Gasteiger partial charge is 0.196 e. The summed E-state index contributed by atoms with van der Waals surface area (Å²) in [6.45, 7) is -0.619. The Morgan fingerprint density at radius 3 is 1.59 bits per heavy atom. The molecule has 0 fully saturated rings. The van der Waals surface area contributed by atoms with Crippen LogP contribution in [0.3, 0.4) is 0 Å². The van der Waals surface area contributed by atoms with E-state index >= 15 is 0 Å². The molecule has 0 saturated heterocycles. The van der Waals surface area contributed by atoms with Crippen LogP contribution in [0.4, 0.5) is 0 Å². The summed E-state index contributed by atoms with van der Waals surface area (Å²) in [6, 6.07) is 12.4. The van der Waals surface area contributed by atoms with Gasteiger partial charge in [0.1, 0.15) is 64.3 Å². The van der Waals surface area contributed by atoms with E-state index in [2.05, 4.69) is 0 Å². The van der Waals surface area contributed by atoms with Gasteiger partial charge in [-0.3, -0.25) is 9.59 Å². The first kappa shape index (κ1) is 23.5. The van der Waals surface area contributed by atoms with E-state index in [0.29, 0.717) is 22.7 Å². The molecule has 2 aromatic heterocycles. The summed E-state index contributed by atoms with van der Waals surface area (Å²) in [6.07, 6.45) is -0.615. The molecule has 178 valence electrons. The quantitative estimate of drug-likeness (QED) is 0.318. The highest BCUT2D eigenvalue weighted by Gasteiger charge is 2.15. The van der Waals surface area contributed by atoms with Gasteiger partial charge in [0.25, 0.3) is 0 Å². The van der Waals surface area contributed by atoms with Crippen molar-refractivity contribution < 1.29 is 33.6 Å². The molecule has 4 aromatic rings. The fourth-order valence-corrected chi connectivity index (χ4v) is 3.58. The number of benzene rings is 2. The molecule has 0 aliphatic rings. The van der Waals surface area contributed by atoms with Gasteiger partial charge >= 0.3 is 0 Å². The molecule has 34 heavy (non-hydrogen) atoms. The van der Waals surface area contributed by atoms with Crippen LogP contribution in [0.5, 0.6) is 11.5 Å². The van der Waals surface area contributed by atoms with E-state index in [4.69, 9.17) is 28.5 Å². The molecular formula is C25H24O9. The number of aliphatic hydroxyl groups excluding tert-OH is 3. The molecule has 0 bridgehead atoms. The van der Waals surface area contributed by atoms with Crippen molar-refractivity contribution in [3.8, 4) is 11.5 Å². The zero-order chi connectivity index (χ0) is 24.1. The topological polar surface area (TPSA) is 140 Å². The van der Waals surface area contributed by atoms with Gasteiger partial charge in [0.05, 0.1) is 13.2 Å². The molecule has 0 amide bonds. The van der Waals surface area contributed by atoms with Crippen molar-refractivity contribution in [1.82, 2.24) is 0 Å². The minimum atomic E-state index is -1.06. The van der Waals surface area contributed by atoms with Crippen LogP contribution in [0.15, 0.2) is 67.0 Å². The summed E-state index contributed by atoms with van der Waals surface area (Å²) in [5, 5.41) is 29.0. The van der Waals surface area contributed by atoms with Crippen LogP contribution < -0.4 is 20.3 Å². The zero-order valence-electron chi connectivity index (χ0n) is 18.2. The first-order valence-electron chi connectivity index (χ1n) is 10.8. The van der Waals surface area contributed by atoms with E-state index in [1.54, 1.807) is 36.4 Å². The van der Waals surface area contributed by atoms with E-state index in [1.165, 1.54) is 12.1 Å². The highest BCUT2D eigenvalue weighted by Crippen LogP contribution is 2.25. The molecule has 0 radical (unpaired) electrons. The van der Waals surface area contributed by atoms with Gasteiger partial charge in [0.2, 0.25) is 0 Å². The second-order valence-electron chi connectivity index (χ2n) is 7.64. The van der Waals surface area contributed by atoms with Crippen LogP contribution >= 0.6 is 0 Å². The minimum absolute atomic E-state index is 0.140. The van der Waals surface area contributed by atoms with E-state index in [9.17, 15) is 14.7 Å².